The number of nitrogens with one attached hydrogen (secondary N) is 1. The number of nitrogens with zero attached hydrogens (tertiary/aromatic N) is 2. The van der Waals surface area contributed by atoms with Gasteiger partial charge in [0, 0.05) is 13.1 Å². The largest absolute Gasteiger partial charge is 0.491 e. The molecule has 2 aromatic heterocycles. The molecule has 0 fully saturated rings. The van der Waals surface area contributed by atoms with Crippen molar-refractivity contribution in [2.75, 3.05) is 29.9 Å². The molecule has 0 radical (unpaired) electrons. The molecule has 0 aliphatic rings. The topological polar surface area (TPSA) is 97.6 Å². The number of primary amides is 1. The summed E-state index contributed by atoms with van der Waals surface area (Å²) in [5.74, 6) is -0.153. The molecule has 0 aliphatic heterocycles. The van der Waals surface area contributed by atoms with E-state index in [4.69, 9.17) is 10.5 Å². The highest BCUT2D eigenvalue weighted by atomic mass is 32.1. The number of hydrogen-bond acceptors (Lipinski definition) is 7. The van der Waals surface area contributed by atoms with Gasteiger partial charge in [-0.05, 0) is 32.0 Å². The number of carbonyl (C=O) groups is 2. The Morgan fingerprint density at radius 3 is 2.64 bits per heavy atom. The van der Waals surface area contributed by atoms with Crippen molar-refractivity contribution in [1.82, 2.24) is 4.98 Å². The van der Waals surface area contributed by atoms with E-state index in [1.165, 1.54) is 11.3 Å². The van der Waals surface area contributed by atoms with E-state index < -0.39 is 5.91 Å². The fourth-order valence-electron chi connectivity index (χ4n) is 2.61. The summed E-state index contributed by atoms with van der Waals surface area (Å²) in [6.07, 6.45) is 0.115. The number of fused-ring (bicyclic) bond motifs is 1. The number of rotatable bonds is 9. The van der Waals surface area contributed by atoms with E-state index in [9.17, 15) is 9.59 Å². The van der Waals surface area contributed by atoms with E-state index in [-0.39, 0.29) is 18.9 Å². The number of anilines is 2. The molecule has 3 N–H and O–H groups in total. The van der Waals surface area contributed by atoms with Crippen molar-refractivity contribution in [3.63, 3.8) is 0 Å². The number of aromatic nitrogens is 1. The molecule has 3 rings (SSSR count). The zero-order valence-corrected chi connectivity index (χ0v) is 17.4. The van der Waals surface area contributed by atoms with Crippen LogP contribution in [0.5, 0.6) is 5.75 Å². The maximum Gasteiger partial charge on any atom is 0.265 e. The molecule has 0 aliphatic carbocycles. The molecule has 3 aromatic rings. The average Bonchev–Trinajstić information content (AvgIpc) is 3.23. The summed E-state index contributed by atoms with van der Waals surface area (Å²) in [4.78, 5) is 31.8. The van der Waals surface area contributed by atoms with Gasteiger partial charge in [0.1, 0.15) is 10.6 Å². The Bertz CT molecular complexity index is 947. The van der Waals surface area contributed by atoms with Crippen LogP contribution in [0.15, 0.2) is 30.3 Å². The summed E-state index contributed by atoms with van der Waals surface area (Å²) in [6, 6.07) is 8.97. The molecule has 2 heterocycles. The number of benzene rings is 1. The minimum atomic E-state index is -0.434. The fraction of sp³-hybridized carbons (Fsp3) is 0.316. The third-order valence-electron chi connectivity index (χ3n) is 4.08. The van der Waals surface area contributed by atoms with Gasteiger partial charge in [-0.15, -0.1) is 11.3 Å². The van der Waals surface area contributed by atoms with Crippen molar-refractivity contribution in [1.29, 1.82) is 0 Å². The zero-order valence-electron chi connectivity index (χ0n) is 15.7. The first-order valence-electron chi connectivity index (χ1n) is 8.98. The van der Waals surface area contributed by atoms with Gasteiger partial charge in [-0.1, -0.05) is 23.5 Å². The van der Waals surface area contributed by atoms with Crippen molar-refractivity contribution in [2.45, 2.75) is 20.3 Å². The number of ether oxygens (including phenoxy) is 1. The minimum Gasteiger partial charge on any atom is -0.491 e. The van der Waals surface area contributed by atoms with Gasteiger partial charge in [0.25, 0.3) is 5.91 Å². The van der Waals surface area contributed by atoms with Gasteiger partial charge in [0.15, 0.2) is 5.13 Å². The normalized spacial score (nSPS) is 10.8. The molecule has 9 heteroatoms. The predicted octanol–water partition coefficient (Wildman–Crippen LogP) is 3.71. The van der Waals surface area contributed by atoms with Crippen LogP contribution in [0.2, 0.25) is 0 Å². The highest BCUT2D eigenvalue weighted by molar-refractivity contribution is 7.29. The first-order chi connectivity index (χ1) is 13.5. The Labute approximate surface area is 171 Å². The van der Waals surface area contributed by atoms with Gasteiger partial charge in [-0.2, -0.15) is 0 Å². The van der Waals surface area contributed by atoms with Gasteiger partial charge in [0.2, 0.25) is 5.91 Å². The quantitative estimate of drug-likeness (QED) is 0.552. The number of thiazole rings is 1. The Morgan fingerprint density at radius 2 is 1.96 bits per heavy atom. The van der Waals surface area contributed by atoms with Crippen molar-refractivity contribution >= 4 is 54.8 Å². The van der Waals surface area contributed by atoms with E-state index in [0.29, 0.717) is 16.3 Å². The molecule has 0 saturated heterocycles. The van der Waals surface area contributed by atoms with E-state index in [1.54, 1.807) is 29.5 Å². The van der Waals surface area contributed by atoms with Crippen molar-refractivity contribution in [3.05, 3.63) is 35.2 Å². The fourth-order valence-corrected chi connectivity index (χ4v) is 4.84. The second kappa shape index (κ2) is 9.03. The monoisotopic (exact) mass is 418 g/mol. The second-order valence-corrected chi connectivity index (χ2v) is 8.00. The second-order valence-electron chi connectivity index (χ2n) is 5.96. The lowest BCUT2D eigenvalue weighted by atomic mass is 10.3. The zero-order chi connectivity index (χ0) is 20.1. The smallest absolute Gasteiger partial charge is 0.265 e. The molecule has 0 unspecified atom stereocenters. The number of amides is 2. The average molecular weight is 419 g/mol. The summed E-state index contributed by atoms with van der Waals surface area (Å²) in [7, 11) is 0. The van der Waals surface area contributed by atoms with Crippen molar-refractivity contribution in [2.24, 2.45) is 5.73 Å². The Balaban J connectivity index is 1.73. The van der Waals surface area contributed by atoms with Crippen LogP contribution in [0.3, 0.4) is 0 Å². The lowest BCUT2D eigenvalue weighted by Gasteiger charge is -2.16. The van der Waals surface area contributed by atoms with Crippen LogP contribution in [0.1, 0.15) is 29.9 Å². The summed E-state index contributed by atoms with van der Waals surface area (Å²) in [5, 5.41) is 3.85. The predicted molar refractivity (Wildman–Crippen MR) is 115 cm³/mol. The Hall–Kier alpha value is -2.65. The molecular weight excluding hydrogens is 396 g/mol. The van der Waals surface area contributed by atoms with Crippen LogP contribution >= 0.6 is 22.7 Å². The minimum absolute atomic E-state index is 0.115. The maximum absolute atomic E-state index is 12.7. The van der Waals surface area contributed by atoms with E-state index in [1.807, 2.05) is 12.1 Å². The van der Waals surface area contributed by atoms with Crippen LogP contribution in [0, 0.1) is 0 Å². The van der Waals surface area contributed by atoms with Crippen LogP contribution in [-0.4, -0.2) is 36.5 Å². The molecule has 0 bridgehead atoms. The lowest BCUT2D eigenvalue weighted by molar-refractivity contribution is -0.118. The molecule has 0 saturated carbocycles. The van der Waals surface area contributed by atoms with Crippen LogP contribution in [-0.2, 0) is 4.79 Å². The number of nitrogens with two attached hydrogens (primary N) is 1. The summed E-state index contributed by atoms with van der Waals surface area (Å²) in [6.45, 7) is 6.16. The molecule has 0 spiro atoms. The first kappa shape index (κ1) is 20.1. The highest BCUT2D eigenvalue weighted by Crippen LogP contribution is 2.35. The number of hydrogen-bond donors (Lipinski definition) is 2. The van der Waals surface area contributed by atoms with Crippen LogP contribution < -0.4 is 20.7 Å². The van der Waals surface area contributed by atoms with Gasteiger partial charge < -0.3 is 20.7 Å². The third kappa shape index (κ3) is 4.60. The van der Waals surface area contributed by atoms with E-state index in [2.05, 4.69) is 29.0 Å². The van der Waals surface area contributed by atoms with Crippen molar-refractivity contribution in [3.8, 4) is 5.75 Å². The molecule has 2 amide bonds. The lowest BCUT2D eigenvalue weighted by Crippen LogP contribution is -2.21. The van der Waals surface area contributed by atoms with E-state index in [0.717, 1.165) is 27.8 Å². The molecule has 7 nitrogen and oxygen atoms in total. The summed E-state index contributed by atoms with van der Waals surface area (Å²) in [5.41, 5.74) is 5.68. The number of para-hydroxylation sites is 2. The third-order valence-corrected chi connectivity index (χ3v) is 6.30. The molecule has 1 aromatic carbocycles. The molecule has 148 valence electrons. The first-order valence-corrected chi connectivity index (χ1v) is 10.6. The maximum atomic E-state index is 12.7. The molecule has 0 atom stereocenters. The van der Waals surface area contributed by atoms with Crippen LogP contribution in [0.4, 0.5) is 10.8 Å². The Kier molecular flexibility index (Phi) is 6.48. The summed E-state index contributed by atoms with van der Waals surface area (Å²) >= 11 is 2.96. The number of carbonyl (C=O) groups excluding carboxylic acids is 2. The highest BCUT2D eigenvalue weighted by Gasteiger charge is 2.17. The molecular formula is C19H22N4O3S2. The van der Waals surface area contributed by atoms with E-state index >= 15 is 0 Å². The Morgan fingerprint density at radius 1 is 1.21 bits per heavy atom. The SMILES string of the molecule is CCN(CC)c1nc2sc(C(=O)Nc3ccccc3OCCC(N)=O)cc2s1. The summed E-state index contributed by atoms with van der Waals surface area (Å²) < 4.78 is 6.57. The van der Waals surface area contributed by atoms with Gasteiger partial charge in [-0.25, -0.2) is 4.98 Å². The number of thiophene rings is 1. The van der Waals surface area contributed by atoms with Gasteiger partial charge >= 0.3 is 0 Å². The standard InChI is InChI=1S/C19H22N4O3S2/c1-3-23(4-2)19-22-18-15(28-19)11-14(27-18)17(25)21-12-7-5-6-8-13(12)26-10-9-16(20)24/h5-8,11H,3-4,9-10H2,1-2H3,(H2,20,24)(H,21,25). The van der Waals surface area contributed by atoms with Gasteiger partial charge in [-0.3, -0.25) is 9.59 Å². The van der Waals surface area contributed by atoms with Crippen molar-refractivity contribution < 1.29 is 14.3 Å². The van der Waals surface area contributed by atoms with Crippen LogP contribution in [0.25, 0.3) is 9.53 Å². The molecule has 28 heavy (non-hydrogen) atoms. The van der Waals surface area contributed by atoms with Gasteiger partial charge in [0.05, 0.1) is 28.3 Å².